The van der Waals surface area contributed by atoms with Crippen molar-refractivity contribution < 1.29 is 0 Å². The van der Waals surface area contributed by atoms with E-state index in [-0.39, 0.29) is 0 Å². The van der Waals surface area contributed by atoms with Crippen LogP contribution in [-0.4, -0.2) is 60.1 Å². The number of nitrogens with zero attached hydrogens (tertiary/aromatic N) is 2. The molecule has 4 rings (SSSR count). The molecule has 0 aliphatic carbocycles. The van der Waals surface area contributed by atoms with Crippen LogP contribution >= 0.6 is 0 Å². The van der Waals surface area contributed by atoms with E-state index in [4.69, 9.17) is 0 Å². The molecule has 4 aliphatic heterocycles. The molecule has 4 fully saturated rings. The van der Waals surface area contributed by atoms with E-state index in [0.29, 0.717) is 0 Å². The number of hydrogen-bond acceptors (Lipinski definition) is 3. The highest BCUT2D eigenvalue weighted by Gasteiger charge is 2.40. The first-order valence-electron chi connectivity index (χ1n) is 9.03. The minimum absolute atomic E-state index is 0.796. The molecule has 1 N–H and O–H groups in total. The van der Waals surface area contributed by atoms with Crippen molar-refractivity contribution in [2.24, 2.45) is 0 Å². The summed E-state index contributed by atoms with van der Waals surface area (Å²) >= 11 is 0. The number of fused-ring (bicyclic) bond motifs is 3. The van der Waals surface area contributed by atoms with Gasteiger partial charge in [-0.25, -0.2) is 0 Å². The summed E-state index contributed by atoms with van der Waals surface area (Å²) in [6.07, 6.45) is 12.9. The van der Waals surface area contributed by atoms with Crippen molar-refractivity contribution in [2.45, 2.75) is 88.0 Å². The van der Waals surface area contributed by atoms with E-state index in [1.54, 1.807) is 0 Å². The second-order valence-electron chi connectivity index (χ2n) is 7.73. The van der Waals surface area contributed by atoms with Crippen LogP contribution in [0.3, 0.4) is 0 Å². The minimum atomic E-state index is 0.796. The first kappa shape index (κ1) is 13.5. The molecule has 0 amide bonds. The average Bonchev–Trinajstić information content (AvgIpc) is 2.83. The molecule has 20 heavy (non-hydrogen) atoms. The van der Waals surface area contributed by atoms with Crippen LogP contribution in [0.4, 0.5) is 0 Å². The smallest absolute Gasteiger partial charge is 0.0249 e. The Bertz CT molecular complexity index is 331. The molecule has 0 aromatic heterocycles. The Balaban J connectivity index is 1.37. The number of hydrogen-bond donors (Lipinski definition) is 1. The third-order valence-electron chi connectivity index (χ3n) is 6.65. The zero-order valence-corrected chi connectivity index (χ0v) is 13.1. The molecule has 0 spiro atoms. The van der Waals surface area contributed by atoms with Crippen molar-refractivity contribution in [3.63, 3.8) is 0 Å². The fourth-order valence-electron chi connectivity index (χ4n) is 5.50. The first-order chi connectivity index (χ1) is 9.81. The third-order valence-corrected chi connectivity index (χ3v) is 6.65. The summed E-state index contributed by atoms with van der Waals surface area (Å²) in [6, 6.07) is 4.19. The lowest BCUT2D eigenvalue weighted by Gasteiger charge is -2.48. The lowest BCUT2D eigenvalue weighted by molar-refractivity contribution is 0.0434. The minimum Gasteiger partial charge on any atom is -0.310 e. The Morgan fingerprint density at radius 3 is 2.45 bits per heavy atom. The standard InChI is InChI=1S/C17H31N3/c1-19-14-5-4-6-15(19)12-13(11-14)18-16-8-10-20-9-3-2-7-17(16)20/h13-18H,2-12H2,1H3. The molecular formula is C17H31N3. The van der Waals surface area contributed by atoms with Crippen LogP contribution in [0.25, 0.3) is 0 Å². The topological polar surface area (TPSA) is 18.5 Å². The summed E-state index contributed by atoms with van der Waals surface area (Å²) in [5.74, 6) is 0. The molecule has 2 bridgehead atoms. The Hall–Kier alpha value is -0.120. The van der Waals surface area contributed by atoms with Crippen molar-refractivity contribution in [3.05, 3.63) is 0 Å². The molecule has 0 aromatic rings. The Kier molecular flexibility index (Phi) is 3.78. The highest BCUT2D eigenvalue weighted by molar-refractivity contribution is 4.99. The quantitative estimate of drug-likeness (QED) is 0.835. The van der Waals surface area contributed by atoms with Crippen LogP contribution in [0, 0.1) is 0 Å². The summed E-state index contributed by atoms with van der Waals surface area (Å²) in [7, 11) is 2.36. The van der Waals surface area contributed by atoms with Gasteiger partial charge in [0.1, 0.15) is 0 Å². The maximum absolute atomic E-state index is 4.10. The van der Waals surface area contributed by atoms with Gasteiger partial charge in [-0.3, -0.25) is 4.90 Å². The van der Waals surface area contributed by atoms with Gasteiger partial charge in [0, 0.05) is 36.8 Å². The predicted octanol–water partition coefficient (Wildman–Crippen LogP) is 2.22. The van der Waals surface area contributed by atoms with Gasteiger partial charge < -0.3 is 10.2 Å². The first-order valence-corrected chi connectivity index (χ1v) is 9.03. The molecule has 0 saturated carbocycles. The van der Waals surface area contributed by atoms with Gasteiger partial charge in [0.25, 0.3) is 0 Å². The van der Waals surface area contributed by atoms with Crippen molar-refractivity contribution in [1.29, 1.82) is 0 Å². The number of rotatable bonds is 2. The van der Waals surface area contributed by atoms with Gasteiger partial charge in [-0.2, -0.15) is 0 Å². The van der Waals surface area contributed by atoms with Gasteiger partial charge >= 0.3 is 0 Å². The zero-order chi connectivity index (χ0) is 13.5. The molecule has 0 aromatic carbocycles. The summed E-state index contributed by atoms with van der Waals surface area (Å²) in [5, 5.41) is 4.10. The molecule has 4 saturated heterocycles. The molecule has 3 nitrogen and oxygen atoms in total. The lowest BCUT2D eigenvalue weighted by atomic mass is 9.81. The summed E-state index contributed by atoms with van der Waals surface area (Å²) in [5.41, 5.74) is 0. The molecule has 114 valence electrons. The van der Waals surface area contributed by atoms with E-state index in [0.717, 1.165) is 30.2 Å². The van der Waals surface area contributed by atoms with Crippen LogP contribution in [0.15, 0.2) is 0 Å². The van der Waals surface area contributed by atoms with E-state index >= 15 is 0 Å². The summed E-state index contributed by atoms with van der Waals surface area (Å²) in [4.78, 5) is 5.44. The third kappa shape index (κ3) is 2.42. The molecule has 4 aliphatic rings. The fraction of sp³-hybridized carbons (Fsp3) is 1.00. The number of nitrogens with one attached hydrogen (secondary N) is 1. The van der Waals surface area contributed by atoms with Crippen LogP contribution in [-0.2, 0) is 0 Å². The molecule has 4 unspecified atom stereocenters. The van der Waals surface area contributed by atoms with Crippen LogP contribution in [0.2, 0.25) is 0 Å². The Morgan fingerprint density at radius 1 is 0.850 bits per heavy atom. The van der Waals surface area contributed by atoms with E-state index < -0.39 is 0 Å². The van der Waals surface area contributed by atoms with Gasteiger partial charge in [0.2, 0.25) is 0 Å². The van der Waals surface area contributed by atoms with Crippen molar-refractivity contribution >= 4 is 0 Å². The maximum atomic E-state index is 4.10. The van der Waals surface area contributed by atoms with Gasteiger partial charge in [-0.15, -0.1) is 0 Å². The summed E-state index contributed by atoms with van der Waals surface area (Å²) in [6.45, 7) is 2.71. The van der Waals surface area contributed by atoms with Crippen molar-refractivity contribution in [3.8, 4) is 0 Å². The molecule has 4 atom stereocenters. The lowest BCUT2D eigenvalue weighted by Crippen LogP contribution is -2.57. The average molecular weight is 277 g/mol. The summed E-state index contributed by atoms with van der Waals surface area (Å²) < 4.78 is 0. The van der Waals surface area contributed by atoms with Crippen LogP contribution in [0.1, 0.15) is 57.8 Å². The molecular weight excluding hydrogens is 246 g/mol. The highest BCUT2D eigenvalue weighted by atomic mass is 15.2. The number of piperidine rings is 3. The monoisotopic (exact) mass is 277 g/mol. The second kappa shape index (κ2) is 5.58. The van der Waals surface area contributed by atoms with Gasteiger partial charge in [-0.05, 0) is 58.5 Å². The SMILES string of the molecule is CN1C2CCCC1CC(NC1CCN3CCCCC13)C2. The normalized spacial score (nSPS) is 46.4. The van der Waals surface area contributed by atoms with Gasteiger partial charge in [-0.1, -0.05) is 12.8 Å². The van der Waals surface area contributed by atoms with Gasteiger partial charge in [0.05, 0.1) is 0 Å². The van der Waals surface area contributed by atoms with E-state index in [9.17, 15) is 0 Å². The van der Waals surface area contributed by atoms with E-state index in [2.05, 4.69) is 22.2 Å². The molecule has 3 heteroatoms. The Morgan fingerprint density at radius 2 is 1.65 bits per heavy atom. The van der Waals surface area contributed by atoms with Crippen LogP contribution < -0.4 is 5.32 Å². The Labute approximate surface area is 124 Å². The van der Waals surface area contributed by atoms with E-state index in [1.807, 2.05) is 0 Å². The predicted molar refractivity (Wildman–Crippen MR) is 83.0 cm³/mol. The fourth-order valence-corrected chi connectivity index (χ4v) is 5.50. The molecule has 4 heterocycles. The van der Waals surface area contributed by atoms with Gasteiger partial charge in [0.15, 0.2) is 0 Å². The highest BCUT2D eigenvalue weighted by Crippen LogP contribution is 2.34. The van der Waals surface area contributed by atoms with Crippen molar-refractivity contribution in [2.75, 3.05) is 20.1 Å². The molecule has 0 radical (unpaired) electrons. The second-order valence-corrected chi connectivity index (χ2v) is 7.73. The van der Waals surface area contributed by atoms with Crippen molar-refractivity contribution in [1.82, 2.24) is 15.1 Å². The zero-order valence-electron chi connectivity index (χ0n) is 13.1. The largest absolute Gasteiger partial charge is 0.310 e. The van der Waals surface area contributed by atoms with E-state index in [1.165, 1.54) is 70.9 Å². The van der Waals surface area contributed by atoms with Crippen LogP contribution in [0.5, 0.6) is 0 Å². The maximum Gasteiger partial charge on any atom is 0.0249 e.